The highest BCUT2D eigenvalue weighted by Crippen LogP contribution is 2.22. The van der Waals surface area contributed by atoms with Gasteiger partial charge in [-0.1, -0.05) is 29.8 Å². The van der Waals surface area contributed by atoms with Crippen molar-refractivity contribution in [1.29, 1.82) is 0 Å². The largest absolute Gasteiger partial charge is 0.368 e. The Morgan fingerprint density at radius 3 is 2.42 bits per heavy atom. The smallest absolute Gasteiger partial charge is 0.256 e. The Morgan fingerprint density at radius 1 is 0.958 bits per heavy atom. The van der Waals surface area contributed by atoms with Crippen molar-refractivity contribution in [2.75, 3.05) is 31.1 Å². The van der Waals surface area contributed by atoms with Crippen LogP contribution in [0.3, 0.4) is 0 Å². The first-order valence-corrected chi connectivity index (χ1v) is 8.46. The first-order chi connectivity index (χ1) is 11.7. The maximum atomic E-state index is 12.8. The van der Waals surface area contributed by atoms with Crippen molar-refractivity contribution in [2.45, 2.75) is 0 Å². The molecule has 0 bridgehead atoms. The van der Waals surface area contributed by atoms with E-state index in [0.717, 1.165) is 53.4 Å². The predicted octanol–water partition coefficient (Wildman–Crippen LogP) is 3.78. The number of nitrogens with zero attached hydrogens (tertiary/aromatic N) is 2. The minimum absolute atomic E-state index is 0.100. The highest BCUT2D eigenvalue weighted by Gasteiger charge is 2.24. The Labute approximate surface area is 145 Å². The summed E-state index contributed by atoms with van der Waals surface area (Å²) in [6.07, 6.45) is 1.82. The molecule has 0 spiro atoms. The molecule has 3 aromatic rings. The molecule has 5 heteroatoms. The molecule has 4 rings (SSSR count). The number of hydrogen-bond acceptors (Lipinski definition) is 2. The first-order valence-electron chi connectivity index (χ1n) is 8.08. The lowest BCUT2D eigenvalue weighted by Gasteiger charge is -2.36. The molecular weight excluding hydrogens is 322 g/mol. The number of H-pyrrole nitrogens is 1. The molecule has 2 heterocycles. The molecule has 1 amide bonds. The van der Waals surface area contributed by atoms with Gasteiger partial charge in [-0.05, 0) is 30.3 Å². The number of amides is 1. The zero-order chi connectivity index (χ0) is 16.5. The molecule has 4 nitrogen and oxygen atoms in total. The fourth-order valence-corrected chi connectivity index (χ4v) is 3.36. The predicted molar refractivity (Wildman–Crippen MR) is 97.9 cm³/mol. The monoisotopic (exact) mass is 339 g/mol. The Hall–Kier alpha value is -2.46. The van der Waals surface area contributed by atoms with Crippen LogP contribution in [0.5, 0.6) is 0 Å². The average Bonchev–Trinajstić information content (AvgIpc) is 3.06. The Bertz CT molecular complexity index is 864. The number of aromatic amines is 1. The number of aromatic nitrogens is 1. The van der Waals surface area contributed by atoms with Gasteiger partial charge in [0.15, 0.2) is 0 Å². The van der Waals surface area contributed by atoms with E-state index in [1.54, 1.807) is 0 Å². The van der Waals surface area contributed by atoms with Crippen LogP contribution in [0.15, 0.2) is 54.7 Å². The highest BCUT2D eigenvalue weighted by molar-refractivity contribution is 6.30. The van der Waals surface area contributed by atoms with Gasteiger partial charge in [-0.25, -0.2) is 0 Å². The summed E-state index contributed by atoms with van der Waals surface area (Å²) in [6.45, 7) is 3.10. The van der Waals surface area contributed by atoms with Crippen molar-refractivity contribution in [3.8, 4) is 0 Å². The first kappa shape index (κ1) is 15.1. The van der Waals surface area contributed by atoms with Crippen LogP contribution >= 0.6 is 11.6 Å². The number of nitrogens with one attached hydrogen (secondary N) is 1. The van der Waals surface area contributed by atoms with E-state index in [0.29, 0.717) is 0 Å². The standard InChI is InChI=1S/C19H18ClN3O/c20-14-5-7-15(8-6-14)22-9-11-23(12-10-22)19(24)17-13-21-18-4-2-1-3-16(17)18/h1-8,13,21H,9-12H2. The van der Waals surface area contributed by atoms with Crippen LogP contribution in [0, 0.1) is 0 Å². The SMILES string of the molecule is O=C(c1c[nH]c2ccccc12)N1CCN(c2ccc(Cl)cc2)CC1. The normalized spacial score (nSPS) is 15.0. The molecule has 122 valence electrons. The molecule has 0 atom stereocenters. The van der Waals surface area contributed by atoms with Crippen LogP contribution < -0.4 is 4.90 Å². The van der Waals surface area contributed by atoms with Gasteiger partial charge in [-0.15, -0.1) is 0 Å². The molecule has 2 aromatic carbocycles. The molecular formula is C19H18ClN3O. The Kier molecular flexibility index (Phi) is 3.90. The van der Waals surface area contributed by atoms with Gasteiger partial charge < -0.3 is 14.8 Å². The summed E-state index contributed by atoms with van der Waals surface area (Å²) >= 11 is 5.95. The van der Waals surface area contributed by atoms with Crippen LogP contribution in [0.1, 0.15) is 10.4 Å². The Balaban J connectivity index is 1.47. The molecule has 1 N–H and O–H groups in total. The fourth-order valence-electron chi connectivity index (χ4n) is 3.24. The van der Waals surface area contributed by atoms with Gasteiger partial charge in [0.1, 0.15) is 0 Å². The lowest BCUT2D eigenvalue weighted by atomic mass is 10.1. The lowest BCUT2D eigenvalue weighted by molar-refractivity contribution is 0.0749. The number of carbonyl (C=O) groups is 1. The maximum Gasteiger partial charge on any atom is 0.256 e. The van der Waals surface area contributed by atoms with Crippen molar-refractivity contribution in [1.82, 2.24) is 9.88 Å². The summed E-state index contributed by atoms with van der Waals surface area (Å²) in [4.78, 5) is 20.2. The van der Waals surface area contributed by atoms with Crippen molar-refractivity contribution >= 4 is 34.1 Å². The lowest BCUT2D eigenvalue weighted by Crippen LogP contribution is -2.48. The Morgan fingerprint density at radius 2 is 1.67 bits per heavy atom. The zero-order valence-electron chi connectivity index (χ0n) is 13.2. The van der Waals surface area contributed by atoms with Gasteiger partial charge in [-0.3, -0.25) is 4.79 Å². The van der Waals surface area contributed by atoms with Crippen molar-refractivity contribution in [3.05, 3.63) is 65.3 Å². The van der Waals surface area contributed by atoms with E-state index in [1.807, 2.05) is 59.6 Å². The second-order valence-corrected chi connectivity index (χ2v) is 6.44. The van der Waals surface area contributed by atoms with Crippen LogP contribution in [-0.2, 0) is 0 Å². The third kappa shape index (κ3) is 2.74. The molecule has 0 saturated carbocycles. The van der Waals surface area contributed by atoms with E-state index >= 15 is 0 Å². The number of para-hydroxylation sites is 1. The van der Waals surface area contributed by atoms with E-state index in [2.05, 4.69) is 9.88 Å². The number of hydrogen-bond donors (Lipinski definition) is 1. The number of fused-ring (bicyclic) bond motifs is 1. The summed E-state index contributed by atoms with van der Waals surface area (Å²) in [7, 11) is 0. The highest BCUT2D eigenvalue weighted by atomic mass is 35.5. The third-order valence-corrected chi connectivity index (χ3v) is 4.83. The fraction of sp³-hybridized carbons (Fsp3) is 0.211. The van der Waals surface area contributed by atoms with E-state index in [1.165, 1.54) is 0 Å². The summed E-state index contributed by atoms with van der Waals surface area (Å²) < 4.78 is 0. The average molecular weight is 340 g/mol. The molecule has 1 aliphatic rings. The van der Waals surface area contributed by atoms with Gasteiger partial charge in [-0.2, -0.15) is 0 Å². The van der Waals surface area contributed by atoms with Crippen LogP contribution in [0.2, 0.25) is 5.02 Å². The molecule has 24 heavy (non-hydrogen) atoms. The van der Waals surface area contributed by atoms with Gasteiger partial charge in [0, 0.05) is 54.0 Å². The number of benzene rings is 2. The maximum absolute atomic E-state index is 12.8. The summed E-state index contributed by atoms with van der Waals surface area (Å²) in [6, 6.07) is 15.8. The molecule has 0 aliphatic carbocycles. The van der Waals surface area contributed by atoms with E-state index in [-0.39, 0.29) is 5.91 Å². The van der Waals surface area contributed by atoms with Crippen molar-refractivity contribution in [2.24, 2.45) is 0 Å². The number of anilines is 1. The van der Waals surface area contributed by atoms with Gasteiger partial charge in [0.2, 0.25) is 0 Å². The molecule has 0 unspecified atom stereocenters. The van der Waals surface area contributed by atoms with Crippen LogP contribution in [0.25, 0.3) is 10.9 Å². The molecule has 0 radical (unpaired) electrons. The topological polar surface area (TPSA) is 39.3 Å². The second-order valence-electron chi connectivity index (χ2n) is 6.00. The molecule has 1 fully saturated rings. The number of carbonyl (C=O) groups excluding carboxylic acids is 1. The quantitative estimate of drug-likeness (QED) is 0.771. The number of piperazine rings is 1. The van der Waals surface area contributed by atoms with Gasteiger partial charge in [0.25, 0.3) is 5.91 Å². The molecule has 1 saturated heterocycles. The van der Waals surface area contributed by atoms with Crippen LogP contribution in [-0.4, -0.2) is 42.0 Å². The van der Waals surface area contributed by atoms with E-state index in [4.69, 9.17) is 11.6 Å². The van der Waals surface area contributed by atoms with E-state index in [9.17, 15) is 4.79 Å². The molecule has 1 aliphatic heterocycles. The zero-order valence-corrected chi connectivity index (χ0v) is 14.0. The van der Waals surface area contributed by atoms with Gasteiger partial charge in [0.05, 0.1) is 5.56 Å². The minimum atomic E-state index is 0.100. The number of halogens is 1. The van der Waals surface area contributed by atoms with Crippen molar-refractivity contribution in [3.63, 3.8) is 0 Å². The summed E-state index contributed by atoms with van der Waals surface area (Å²) in [5.41, 5.74) is 2.91. The minimum Gasteiger partial charge on any atom is -0.368 e. The van der Waals surface area contributed by atoms with E-state index < -0.39 is 0 Å². The summed E-state index contributed by atoms with van der Waals surface area (Å²) in [5, 5.41) is 1.73. The second kappa shape index (κ2) is 6.21. The van der Waals surface area contributed by atoms with Crippen LogP contribution in [0.4, 0.5) is 5.69 Å². The van der Waals surface area contributed by atoms with Gasteiger partial charge >= 0.3 is 0 Å². The number of rotatable bonds is 2. The third-order valence-electron chi connectivity index (χ3n) is 4.58. The van der Waals surface area contributed by atoms with Crippen molar-refractivity contribution < 1.29 is 4.79 Å². The summed E-state index contributed by atoms with van der Waals surface area (Å²) in [5.74, 6) is 0.100. The molecule has 1 aromatic heterocycles.